The molecule has 0 radical (unpaired) electrons. The molecule has 0 spiro atoms. The molecule has 0 saturated heterocycles. The Hall–Kier alpha value is -2.38. The van der Waals surface area contributed by atoms with Crippen LogP contribution in [0.5, 0.6) is 0 Å². The van der Waals surface area contributed by atoms with Crippen LogP contribution in [0.3, 0.4) is 0 Å². The molecular weight excluding hydrogens is 344 g/mol. The summed E-state index contributed by atoms with van der Waals surface area (Å²) in [6.07, 6.45) is -9.52. The van der Waals surface area contributed by atoms with Gasteiger partial charge in [-0.2, -0.15) is 26.3 Å². The summed E-state index contributed by atoms with van der Waals surface area (Å²) in [6.45, 7) is 0. The van der Waals surface area contributed by atoms with Gasteiger partial charge in [-0.1, -0.05) is 24.3 Å². The quantitative estimate of drug-likeness (QED) is 0.428. The minimum atomic E-state index is -4.76. The molecule has 0 amide bonds. The molecule has 0 heterocycles. The van der Waals surface area contributed by atoms with Crippen molar-refractivity contribution in [3.63, 3.8) is 0 Å². The summed E-state index contributed by atoms with van der Waals surface area (Å²) in [5.41, 5.74) is -3.85. The molecule has 2 rings (SSSR count). The molecule has 24 heavy (non-hydrogen) atoms. The summed E-state index contributed by atoms with van der Waals surface area (Å²) in [6, 6.07) is 5.60. The molecule has 0 aliphatic rings. The van der Waals surface area contributed by atoms with E-state index in [1.54, 1.807) is 0 Å². The van der Waals surface area contributed by atoms with Crippen molar-refractivity contribution in [2.24, 2.45) is 0 Å². The smallest absolute Gasteiger partial charge is 0.203 e. The predicted octanol–water partition coefficient (Wildman–Crippen LogP) is 6.49. The van der Waals surface area contributed by atoms with Gasteiger partial charge in [0.05, 0.1) is 11.1 Å². The van der Waals surface area contributed by atoms with E-state index in [4.69, 9.17) is 0 Å². The lowest BCUT2D eigenvalue weighted by atomic mass is 10.0. The van der Waals surface area contributed by atoms with Crippen LogP contribution < -0.4 is 0 Å². The first-order chi connectivity index (χ1) is 11.0. The van der Waals surface area contributed by atoms with Crippen LogP contribution in [0, 0.1) is 0 Å². The van der Waals surface area contributed by atoms with Gasteiger partial charge < -0.3 is 0 Å². The van der Waals surface area contributed by atoms with Crippen LogP contribution in [0.15, 0.2) is 48.5 Å². The highest BCUT2D eigenvalue weighted by Crippen LogP contribution is 2.36. The lowest BCUT2D eigenvalue weighted by Crippen LogP contribution is -2.05. The van der Waals surface area contributed by atoms with Gasteiger partial charge in [0.15, 0.2) is 11.7 Å². The summed E-state index contributed by atoms with van der Waals surface area (Å²) in [5.74, 6) is -3.36. The molecule has 0 bridgehead atoms. The summed E-state index contributed by atoms with van der Waals surface area (Å²) in [5, 5.41) is 0. The maximum absolute atomic E-state index is 14.1. The second-order valence-electron chi connectivity index (χ2n) is 4.79. The normalized spacial score (nSPS) is 13.7. The van der Waals surface area contributed by atoms with E-state index in [1.807, 2.05) is 0 Å². The number of hydrogen-bond acceptors (Lipinski definition) is 0. The van der Waals surface area contributed by atoms with Crippen molar-refractivity contribution in [1.82, 2.24) is 0 Å². The van der Waals surface area contributed by atoms with Crippen LogP contribution in [-0.2, 0) is 12.4 Å². The zero-order valence-corrected chi connectivity index (χ0v) is 11.6. The van der Waals surface area contributed by atoms with Gasteiger partial charge in [0.25, 0.3) is 0 Å². The number of halogens is 8. The van der Waals surface area contributed by atoms with Crippen molar-refractivity contribution in [2.75, 3.05) is 0 Å². The topological polar surface area (TPSA) is 0 Å². The first-order valence-electron chi connectivity index (χ1n) is 6.40. The van der Waals surface area contributed by atoms with Crippen LogP contribution in [0.25, 0.3) is 11.7 Å². The SMILES string of the molecule is F/C(=C(/F)c1cccc(C(F)(F)F)c1)c1cccc(C(F)(F)F)c1. The largest absolute Gasteiger partial charge is 0.416 e. The third-order valence-electron chi connectivity index (χ3n) is 3.08. The van der Waals surface area contributed by atoms with E-state index in [2.05, 4.69) is 0 Å². The van der Waals surface area contributed by atoms with E-state index < -0.39 is 46.3 Å². The lowest BCUT2D eigenvalue weighted by molar-refractivity contribution is -0.138. The molecule has 0 aliphatic heterocycles. The molecule has 8 heteroatoms. The minimum Gasteiger partial charge on any atom is -0.203 e. The third kappa shape index (κ3) is 3.93. The van der Waals surface area contributed by atoms with Gasteiger partial charge in [-0.05, 0) is 24.3 Å². The predicted molar refractivity (Wildman–Crippen MR) is 71.9 cm³/mol. The van der Waals surface area contributed by atoms with Crippen LogP contribution in [-0.4, -0.2) is 0 Å². The van der Waals surface area contributed by atoms with E-state index >= 15 is 0 Å². The molecule has 0 saturated carbocycles. The summed E-state index contributed by atoms with van der Waals surface area (Å²) >= 11 is 0. The van der Waals surface area contributed by atoms with Crippen LogP contribution in [0.4, 0.5) is 35.1 Å². The second kappa shape index (κ2) is 6.26. The standard InChI is InChI=1S/C16H8F8/c17-13(9-3-1-5-11(7-9)15(19,20)21)14(18)10-4-2-6-12(8-10)16(22,23)24/h1-8H/b14-13+. The van der Waals surface area contributed by atoms with E-state index in [-0.39, 0.29) is 0 Å². The van der Waals surface area contributed by atoms with E-state index in [9.17, 15) is 35.1 Å². The molecule has 2 aromatic carbocycles. The van der Waals surface area contributed by atoms with Crippen molar-refractivity contribution in [2.45, 2.75) is 12.4 Å². The molecule has 0 fully saturated rings. The lowest BCUT2D eigenvalue weighted by Gasteiger charge is -2.10. The van der Waals surface area contributed by atoms with Crippen LogP contribution in [0.1, 0.15) is 22.3 Å². The third-order valence-corrected chi connectivity index (χ3v) is 3.08. The molecule has 0 nitrogen and oxygen atoms in total. The number of rotatable bonds is 2. The Labute approximate surface area is 131 Å². The van der Waals surface area contributed by atoms with Gasteiger partial charge in [0, 0.05) is 11.1 Å². The Morgan fingerprint density at radius 3 is 1.21 bits per heavy atom. The van der Waals surface area contributed by atoms with E-state index in [0.717, 1.165) is 24.3 Å². The number of benzene rings is 2. The van der Waals surface area contributed by atoms with Crippen molar-refractivity contribution in [3.05, 3.63) is 70.8 Å². The Kier molecular flexibility index (Phi) is 4.68. The fourth-order valence-corrected chi connectivity index (χ4v) is 1.92. The zero-order valence-electron chi connectivity index (χ0n) is 11.6. The Balaban J connectivity index is 2.49. The first kappa shape index (κ1) is 18.0. The fraction of sp³-hybridized carbons (Fsp3) is 0.125. The number of alkyl halides is 6. The van der Waals surface area contributed by atoms with Gasteiger partial charge in [-0.25, -0.2) is 8.78 Å². The summed E-state index contributed by atoms with van der Waals surface area (Å²) in [7, 11) is 0. The maximum atomic E-state index is 14.1. The molecule has 128 valence electrons. The molecule has 0 atom stereocenters. The van der Waals surface area contributed by atoms with Gasteiger partial charge in [0.1, 0.15) is 0 Å². The monoisotopic (exact) mass is 352 g/mol. The van der Waals surface area contributed by atoms with E-state index in [1.165, 1.54) is 0 Å². The van der Waals surface area contributed by atoms with Gasteiger partial charge >= 0.3 is 12.4 Å². The van der Waals surface area contributed by atoms with Gasteiger partial charge in [-0.15, -0.1) is 0 Å². The Morgan fingerprint density at radius 2 is 0.917 bits per heavy atom. The second-order valence-corrected chi connectivity index (χ2v) is 4.79. The van der Waals surface area contributed by atoms with Crippen molar-refractivity contribution < 1.29 is 35.1 Å². The summed E-state index contributed by atoms with van der Waals surface area (Å²) in [4.78, 5) is 0. The van der Waals surface area contributed by atoms with Crippen LogP contribution in [0.2, 0.25) is 0 Å². The molecule has 0 aliphatic carbocycles. The molecule has 0 aromatic heterocycles. The highest BCUT2D eigenvalue weighted by atomic mass is 19.4. The molecule has 0 unspecified atom stereocenters. The molecular formula is C16H8F8. The highest BCUT2D eigenvalue weighted by molar-refractivity contribution is 5.83. The Morgan fingerprint density at radius 1 is 0.583 bits per heavy atom. The summed E-state index contributed by atoms with van der Waals surface area (Å²) < 4.78 is 104. The highest BCUT2D eigenvalue weighted by Gasteiger charge is 2.32. The average Bonchev–Trinajstić information content (AvgIpc) is 2.52. The number of hydrogen-bond donors (Lipinski definition) is 0. The maximum Gasteiger partial charge on any atom is 0.416 e. The molecule has 0 N–H and O–H groups in total. The van der Waals surface area contributed by atoms with Gasteiger partial charge in [-0.3, -0.25) is 0 Å². The van der Waals surface area contributed by atoms with Gasteiger partial charge in [0.2, 0.25) is 0 Å². The minimum absolute atomic E-state index is 0.378. The Bertz CT molecular complexity index is 703. The van der Waals surface area contributed by atoms with Crippen molar-refractivity contribution in [1.29, 1.82) is 0 Å². The first-order valence-corrected chi connectivity index (χ1v) is 6.40. The zero-order chi connectivity index (χ0) is 18.1. The van der Waals surface area contributed by atoms with Crippen molar-refractivity contribution in [3.8, 4) is 0 Å². The van der Waals surface area contributed by atoms with Crippen molar-refractivity contribution >= 4 is 11.7 Å². The molecule has 2 aromatic rings. The average molecular weight is 352 g/mol. The van der Waals surface area contributed by atoms with E-state index in [0.29, 0.717) is 24.3 Å². The fourth-order valence-electron chi connectivity index (χ4n) is 1.92. The van der Waals surface area contributed by atoms with Crippen LogP contribution >= 0.6 is 0 Å².